The van der Waals surface area contributed by atoms with Gasteiger partial charge in [0.15, 0.2) is 29.0 Å². The number of imide groups is 1. The van der Waals surface area contributed by atoms with E-state index in [1.54, 1.807) is 71.6 Å². The highest BCUT2D eigenvalue weighted by molar-refractivity contribution is 6.27. The molecule has 0 N–H and O–H groups in total. The van der Waals surface area contributed by atoms with E-state index in [2.05, 4.69) is 15.0 Å². The molecular weight excluding hydrogens is 558 g/mol. The standard InChI is InChI=1S/C34H29N5O5/c1-34(2)43-27-25(19-18-22-12-6-3-7-13-22)42-33(28(27)44-34)38-21-37-26-29(38)35-20-36-30(26)39(31(40)23-14-8-4-9-15-23)32(41)24-16-10-5-11-17-24/h3-21,25,27-28,33H,1-2H3. The molecule has 2 saturated heterocycles. The van der Waals surface area contributed by atoms with Gasteiger partial charge < -0.3 is 14.2 Å². The van der Waals surface area contributed by atoms with Crippen molar-refractivity contribution in [2.75, 3.05) is 4.90 Å². The van der Waals surface area contributed by atoms with Crippen molar-refractivity contribution in [1.29, 1.82) is 0 Å². The Kier molecular flexibility index (Phi) is 7.09. The van der Waals surface area contributed by atoms with Crippen LogP contribution in [0.5, 0.6) is 0 Å². The van der Waals surface area contributed by atoms with Gasteiger partial charge in [-0.1, -0.05) is 78.9 Å². The lowest BCUT2D eigenvalue weighted by atomic mass is 10.1. The second-order valence-corrected chi connectivity index (χ2v) is 11.0. The largest absolute Gasteiger partial charge is 0.345 e. The molecule has 44 heavy (non-hydrogen) atoms. The molecule has 7 rings (SSSR count). The zero-order valence-electron chi connectivity index (χ0n) is 24.1. The third kappa shape index (κ3) is 5.09. The Labute approximate surface area is 253 Å². The molecule has 4 heterocycles. The van der Waals surface area contributed by atoms with Gasteiger partial charge in [-0.25, -0.2) is 19.9 Å². The van der Waals surface area contributed by atoms with Crippen LogP contribution in [0.2, 0.25) is 0 Å². The first-order chi connectivity index (χ1) is 21.4. The lowest BCUT2D eigenvalue weighted by molar-refractivity contribution is -0.191. The van der Waals surface area contributed by atoms with Crippen molar-refractivity contribution >= 4 is 34.9 Å². The van der Waals surface area contributed by atoms with Gasteiger partial charge in [0.2, 0.25) is 0 Å². The molecule has 0 radical (unpaired) electrons. The van der Waals surface area contributed by atoms with Crippen molar-refractivity contribution < 1.29 is 23.8 Å². The second-order valence-electron chi connectivity index (χ2n) is 11.0. The number of imidazole rings is 1. The highest BCUT2D eigenvalue weighted by Crippen LogP contribution is 2.44. The van der Waals surface area contributed by atoms with Crippen LogP contribution in [0.15, 0.2) is 110 Å². The third-order valence-corrected chi connectivity index (χ3v) is 7.62. The lowest BCUT2D eigenvalue weighted by Gasteiger charge is -2.24. The van der Waals surface area contributed by atoms with Gasteiger partial charge >= 0.3 is 0 Å². The van der Waals surface area contributed by atoms with Crippen molar-refractivity contribution in [3.63, 3.8) is 0 Å². The molecule has 4 atom stereocenters. The summed E-state index contributed by atoms with van der Waals surface area (Å²) < 4.78 is 20.8. The summed E-state index contributed by atoms with van der Waals surface area (Å²) in [6, 6.07) is 27.1. The molecule has 2 aliphatic heterocycles. The first-order valence-corrected chi connectivity index (χ1v) is 14.3. The quantitative estimate of drug-likeness (QED) is 0.242. The predicted octanol–water partition coefficient (Wildman–Crippen LogP) is 5.44. The van der Waals surface area contributed by atoms with E-state index in [0.717, 1.165) is 10.5 Å². The minimum absolute atomic E-state index is 0.0652. The number of carbonyl (C=O) groups is 2. The summed E-state index contributed by atoms with van der Waals surface area (Å²) in [6.07, 6.45) is 4.92. The molecule has 2 fully saturated rings. The van der Waals surface area contributed by atoms with E-state index in [0.29, 0.717) is 16.8 Å². The number of benzene rings is 3. The predicted molar refractivity (Wildman–Crippen MR) is 163 cm³/mol. The van der Waals surface area contributed by atoms with Gasteiger partial charge in [-0.05, 0) is 43.7 Å². The normalized spacial score (nSPS) is 22.3. The van der Waals surface area contributed by atoms with Crippen LogP contribution >= 0.6 is 0 Å². The van der Waals surface area contributed by atoms with Crippen LogP contribution in [0.25, 0.3) is 17.2 Å². The number of carbonyl (C=O) groups excluding carboxylic acids is 2. The third-order valence-electron chi connectivity index (χ3n) is 7.62. The molecule has 5 aromatic rings. The van der Waals surface area contributed by atoms with Crippen molar-refractivity contribution in [2.45, 2.75) is 44.2 Å². The molecular formula is C34H29N5O5. The Hall–Kier alpha value is -5.03. The Balaban J connectivity index is 1.28. The zero-order chi connectivity index (χ0) is 30.3. The van der Waals surface area contributed by atoms with Crippen molar-refractivity contribution in [1.82, 2.24) is 19.5 Å². The Bertz CT molecular complexity index is 1790. The fraction of sp³-hybridized carbons (Fsp3) is 0.206. The summed E-state index contributed by atoms with van der Waals surface area (Å²) >= 11 is 0. The fourth-order valence-corrected chi connectivity index (χ4v) is 5.65. The molecule has 4 unspecified atom stereocenters. The van der Waals surface area contributed by atoms with Crippen LogP contribution in [0.3, 0.4) is 0 Å². The van der Waals surface area contributed by atoms with Crippen LogP contribution in [0, 0.1) is 0 Å². The number of nitrogens with zero attached hydrogens (tertiary/aromatic N) is 5. The number of anilines is 1. The number of rotatable bonds is 6. The Morgan fingerprint density at radius 2 is 1.39 bits per heavy atom. The molecule has 3 aromatic carbocycles. The van der Waals surface area contributed by atoms with Gasteiger partial charge in [-0.2, -0.15) is 0 Å². The fourth-order valence-electron chi connectivity index (χ4n) is 5.65. The maximum absolute atomic E-state index is 13.9. The van der Waals surface area contributed by atoms with Crippen molar-refractivity contribution in [2.24, 2.45) is 0 Å². The molecule has 2 aromatic heterocycles. The van der Waals surface area contributed by atoms with Gasteiger partial charge in [0, 0.05) is 11.1 Å². The van der Waals surface area contributed by atoms with Gasteiger partial charge in [0.1, 0.15) is 24.6 Å². The summed E-state index contributed by atoms with van der Waals surface area (Å²) in [5.41, 5.74) is 2.34. The topological polar surface area (TPSA) is 109 Å². The SMILES string of the molecule is CC1(C)OC2C(C=Cc3ccccc3)OC(n3cnc4c(N(C(=O)c5ccccc5)C(=O)c5ccccc5)ncnc43)C2O1. The first-order valence-electron chi connectivity index (χ1n) is 14.3. The molecule has 2 amide bonds. The van der Waals surface area contributed by atoms with Crippen LogP contribution in [0.4, 0.5) is 5.82 Å². The average Bonchev–Trinajstić information content (AvgIpc) is 3.72. The molecule has 0 bridgehead atoms. The monoisotopic (exact) mass is 587 g/mol. The lowest BCUT2D eigenvalue weighted by Crippen LogP contribution is -2.38. The summed E-state index contributed by atoms with van der Waals surface area (Å²) in [7, 11) is 0. The number of hydrogen-bond acceptors (Lipinski definition) is 8. The molecule has 10 heteroatoms. The maximum atomic E-state index is 13.9. The summed E-state index contributed by atoms with van der Waals surface area (Å²) in [4.78, 5) is 42.3. The number of amides is 2. The Morgan fingerprint density at radius 1 is 0.795 bits per heavy atom. The molecule has 220 valence electrons. The highest BCUT2D eigenvalue weighted by atomic mass is 16.8. The van der Waals surface area contributed by atoms with E-state index in [1.807, 2.05) is 56.3 Å². The summed E-state index contributed by atoms with van der Waals surface area (Å²) in [5, 5.41) is 0. The number of fused-ring (bicyclic) bond motifs is 2. The van der Waals surface area contributed by atoms with Gasteiger partial charge in [-0.3, -0.25) is 14.2 Å². The molecule has 0 saturated carbocycles. The summed E-state index contributed by atoms with van der Waals surface area (Å²) in [5.74, 6) is -1.83. The first kappa shape index (κ1) is 27.8. The second kappa shape index (κ2) is 11.2. The number of hydrogen-bond donors (Lipinski definition) is 0. The van der Waals surface area contributed by atoms with Gasteiger partial charge in [-0.15, -0.1) is 0 Å². The molecule has 0 spiro atoms. The molecule has 0 aliphatic carbocycles. The average molecular weight is 588 g/mol. The number of aromatic nitrogens is 4. The van der Waals surface area contributed by atoms with E-state index in [-0.39, 0.29) is 17.4 Å². The van der Waals surface area contributed by atoms with Crippen molar-refractivity contribution in [3.8, 4) is 0 Å². The molecule has 10 nitrogen and oxygen atoms in total. The van der Waals surface area contributed by atoms with Crippen LogP contribution in [-0.2, 0) is 14.2 Å². The smallest absolute Gasteiger partial charge is 0.266 e. The van der Waals surface area contributed by atoms with E-state index in [9.17, 15) is 9.59 Å². The minimum atomic E-state index is -0.826. The Morgan fingerprint density at radius 3 is 2.02 bits per heavy atom. The van der Waals surface area contributed by atoms with E-state index < -0.39 is 36.0 Å². The molecule has 2 aliphatic rings. The zero-order valence-corrected chi connectivity index (χ0v) is 24.1. The number of ether oxygens (including phenoxy) is 3. The summed E-state index contributed by atoms with van der Waals surface area (Å²) in [6.45, 7) is 3.74. The maximum Gasteiger partial charge on any atom is 0.266 e. The van der Waals surface area contributed by atoms with Crippen LogP contribution in [0.1, 0.15) is 46.4 Å². The van der Waals surface area contributed by atoms with E-state index >= 15 is 0 Å². The minimum Gasteiger partial charge on any atom is -0.345 e. The van der Waals surface area contributed by atoms with Gasteiger partial charge in [0.25, 0.3) is 11.8 Å². The van der Waals surface area contributed by atoms with Crippen LogP contribution in [-0.4, -0.2) is 55.4 Å². The van der Waals surface area contributed by atoms with Crippen molar-refractivity contribution in [3.05, 3.63) is 126 Å². The highest BCUT2D eigenvalue weighted by Gasteiger charge is 2.55. The van der Waals surface area contributed by atoms with Crippen LogP contribution < -0.4 is 4.90 Å². The van der Waals surface area contributed by atoms with Gasteiger partial charge in [0.05, 0.1) is 6.33 Å². The van der Waals surface area contributed by atoms with E-state index in [1.165, 1.54) is 6.33 Å². The van der Waals surface area contributed by atoms with E-state index in [4.69, 9.17) is 14.2 Å².